The molecule has 1 aliphatic heterocycles. The van der Waals surface area contributed by atoms with Gasteiger partial charge in [-0.3, -0.25) is 10.2 Å². The predicted molar refractivity (Wildman–Crippen MR) is 118 cm³/mol. The first-order valence-electron chi connectivity index (χ1n) is 9.68. The normalized spacial score (nSPS) is 14.7. The van der Waals surface area contributed by atoms with Crippen molar-refractivity contribution >= 4 is 44.6 Å². The van der Waals surface area contributed by atoms with Gasteiger partial charge < -0.3 is 18.9 Å². The number of nitrogens with one attached hydrogen (secondary N) is 1. The summed E-state index contributed by atoms with van der Waals surface area (Å²) in [5.41, 5.74) is 4.35. The molecule has 0 unspecified atom stereocenters. The van der Waals surface area contributed by atoms with Crippen molar-refractivity contribution in [3.05, 3.63) is 39.3 Å². The molecule has 3 rings (SSSR count). The van der Waals surface area contributed by atoms with Crippen LogP contribution in [0, 0.1) is 0 Å². The van der Waals surface area contributed by atoms with Crippen molar-refractivity contribution in [3.8, 4) is 5.75 Å². The molecular weight excluding hydrogens is 474 g/mol. The van der Waals surface area contributed by atoms with Gasteiger partial charge in [0.1, 0.15) is 5.75 Å². The molecule has 2 aromatic rings. The van der Waals surface area contributed by atoms with Crippen LogP contribution in [-0.2, 0) is 25.4 Å². The van der Waals surface area contributed by atoms with Crippen molar-refractivity contribution in [2.45, 2.75) is 32.5 Å². The lowest BCUT2D eigenvalue weighted by molar-refractivity contribution is -0.183. The fourth-order valence-electron chi connectivity index (χ4n) is 2.68. The Bertz CT molecular complexity index is 855. The van der Waals surface area contributed by atoms with Crippen LogP contribution in [0.3, 0.4) is 0 Å². The molecule has 1 fully saturated rings. The number of hydrogen-bond acceptors (Lipinski definition) is 9. The average molecular weight is 498 g/mol. The third kappa shape index (κ3) is 7.35. The Morgan fingerprint density at radius 3 is 3.07 bits per heavy atom. The van der Waals surface area contributed by atoms with Crippen LogP contribution in [-0.4, -0.2) is 49.9 Å². The lowest BCUT2D eigenvalue weighted by atomic mass is 10.2. The second-order valence-corrected chi connectivity index (χ2v) is 8.11. The summed E-state index contributed by atoms with van der Waals surface area (Å²) < 4.78 is 22.8. The van der Waals surface area contributed by atoms with Crippen LogP contribution in [0.4, 0.5) is 5.13 Å². The Balaban J connectivity index is 1.53. The van der Waals surface area contributed by atoms with E-state index in [0.717, 1.165) is 29.7 Å². The maximum absolute atomic E-state index is 11.5. The summed E-state index contributed by atoms with van der Waals surface area (Å²) in [5, 5.41) is 6.64. The number of hydrazone groups is 1. The molecule has 8 nitrogen and oxygen atoms in total. The number of halogens is 1. The van der Waals surface area contributed by atoms with E-state index in [1.54, 1.807) is 18.5 Å². The minimum absolute atomic E-state index is 0.147. The van der Waals surface area contributed by atoms with Crippen molar-refractivity contribution in [2.24, 2.45) is 5.10 Å². The van der Waals surface area contributed by atoms with Gasteiger partial charge in [0.25, 0.3) is 0 Å². The molecule has 30 heavy (non-hydrogen) atoms. The molecule has 0 bridgehead atoms. The lowest BCUT2D eigenvalue weighted by Crippen LogP contribution is -2.26. The number of aromatic nitrogens is 1. The number of rotatable bonds is 10. The van der Waals surface area contributed by atoms with Gasteiger partial charge in [-0.25, -0.2) is 4.98 Å². The number of nitrogens with zero attached hydrogens (tertiary/aromatic N) is 2. The number of carbonyl (C=O) groups is 1. The molecule has 0 atom stereocenters. The van der Waals surface area contributed by atoms with Gasteiger partial charge in [-0.05, 0) is 31.5 Å². The van der Waals surface area contributed by atoms with E-state index < -0.39 is 0 Å². The summed E-state index contributed by atoms with van der Waals surface area (Å²) in [4.78, 5) is 15.9. The van der Waals surface area contributed by atoms with Crippen LogP contribution in [0.15, 0.2) is 33.2 Å². The number of benzene rings is 1. The quantitative estimate of drug-likeness (QED) is 0.301. The minimum atomic E-state index is -0.294. The minimum Gasteiger partial charge on any atom is -0.493 e. The predicted octanol–water partition coefficient (Wildman–Crippen LogP) is 3.99. The maximum Gasteiger partial charge on any atom is 0.311 e. The molecule has 1 aliphatic rings. The van der Waals surface area contributed by atoms with Gasteiger partial charge in [-0.1, -0.05) is 15.9 Å². The number of ether oxygens (including phenoxy) is 4. The van der Waals surface area contributed by atoms with Crippen LogP contribution in [0.5, 0.6) is 5.75 Å². The molecule has 0 amide bonds. The highest BCUT2D eigenvalue weighted by atomic mass is 79.9. The first-order valence-corrected chi connectivity index (χ1v) is 11.4. The fourth-order valence-corrected chi connectivity index (χ4v) is 3.71. The molecule has 1 saturated heterocycles. The molecule has 1 aromatic heterocycles. The van der Waals surface area contributed by atoms with E-state index in [1.807, 2.05) is 18.2 Å². The van der Waals surface area contributed by atoms with E-state index >= 15 is 0 Å². The van der Waals surface area contributed by atoms with Crippen molar-refractivity contribution in [3.63, 3.8) is 0 Å². The van der Waals surface area contributed by atoms with Crippen LogP contribution in [0.25, 0.3) is 0 Å². The lowest BCUT2D eigenvalue weighted by Gasteiger charge is -2.23. The van der Waals surface area contributed by atoms with Gasteiger partial charge in [-0.2, -0.15) is 5.10 Å². The van der Waals surface area contributed by atoms with Gasteiger partial charge >= 0.3 is 5.97 Å². The standard InChI is InChI=1S/C20H24BrN3O5S/c1-2-26-18(25)11-16-13-30-20(23-16)24-22-12-14-10-15(21)4-5-17(14)27-9-6-19-28-7-3-8-29-19/h4-5,10,12-13,19H,2-3,6-9,11H2,1H3,(H,23,24). The number of hydrogen-bond donors (Lipinski definition) is 1. The number of carbonyl (C=O) groups excluding carboxylic acids is 1. The Hall–Kier alpha value is -2.01. The SMILES string of the molecule is CCOC(=O)Cc1csc(NN=Cc2cc(Br)ccc2OCCC2OCCCO2)n1. The Labute approximate surface area is 187 Å². The van der Waals surface area contributed by atoms with Crippen molar-refractivity contribution in [1.82, 2.24) is 4.98 Å². The van der Waals surface area contributed by atoms with Crippen molar-refractivity contribution in [1.29, 1.82) is 0 Å². The summed E-state index contributed by atoms with van der Waals surface area (Å²) in [7, 11) is 0. The molecule has 162 valence electrons. The largest absolute Gasteiger partial charge is 0.493 e. The van der Waals surface area contributed by atoms with Crippen LogP contribution in [0.2, 0.25) is 0 Å². The van der Waals surface area contributed by atoms with Gasteiger partial charge in [-0.15, -0.1) is 11.3 Å². The van der Waals surface area contributed by atoms with Gasteiger partial charge in [0.05, 0.1) is 44.8 Å². The van der Waals surface area contributed by atoms with Crippen LogP contribution >= 0.6 is 27.3 Å². The van der Waals surface area contributed by atoms with E-state index in [9.17, 15) is 4.79 Å². The highest BCUT2D eigenvalue weighted by molar-refractivity contribution is 9.10. The van der Waals surface area contributed by atoms with Crippen LogP contribution < -0.4 is 10.2 Å². The molecule has 2 heterocycles. The molecule has 1 aromatic carbocycles. The second-order valence-electron chi connectivity index (χ2n) is 6.34. The number of esters is 1. The Kier molecular flexibility index (Phi) is 9.06. The fraction of sp³-hybridized carbons (Fsp3) is 0.450. The summed E-state index contributed by atoms with van der Waals surface area (Å²) in [6, 6.07) is 5.72. The van der Waals surface area contributed by atoms with E-state index in [2.05, 4.69) is 31.4 Å². The zero-order valence-electron chi connectivity index (χ0n) is 16.6. The Morgan fingerprint density at radius 1 is 1.43 bits per heavy atom. The van der Waals surface area contributed by atoms with Crippen LogP contribution in [0.1, 0.15) is 31.0 Å². The first kappa shape index (κ1) is 22.7. The highest BCUT2D eigenvalue weighted by Crippen LogP contribution is 2.23. The third-order valence-corrected chi connectivity index (χ3v) is 5.31. The van der Waals surface area contributed by atoms with E-state index in [4.69, 9.17) is 18.9 Å². The van der Waals surface area contributed by atoms with Gasteiger partial charge in [0.2, 0.25) is 5.13 Å². The number of thiazole rings is 1. The summed E-state index contributed by atoms with van der Waals surface area (Å²) in [5.74, 6) is 0.416. The molecule has 0 spiro atoms. The molecule has 1 N–H and O–H groups in total. The molecule has 0 saturated carbocycles. The topological polar surface area (TPSA) is 91.3 Å². The molecule has 0 aliphatic carbocycles. The highest BCUT2D eigenvalue weighted by Gasteiger charge is 2.14. The zero-order valence-corrected chi connectivity index (χ0v) is 19.0. The summed E-state index contributed by atoms with van der Waals surface area (Å²) in [6.07, 6.45) is 3.20. The molecule has 10 heteroatoms. The first-order chi connectivity index (χ1) is 14.6. The number of anilines is 1. The van der Waals surface area contributed by atoms with E-state index in [-0.39, 0.29) is 18.7 Å². The Morgan fingerprint density at radius 2 is 2.27 bits per heavy atom. The maximum atomic E-state index is 11.5. The summed E-state index contributed by atoms with van der Waals surface area (Å²) in [6.45, 7) is 4.06. The van der Waals surface area contributed by atoms with Gasteiger partial charge in [0, 0.05) is 21.8 Å². The van der Waals surface area contributed by atoms with Crippen molar-refractivity contribution in [2.75, 3.05) is 31.9 Å². The third-order valence-electron chi connectivity index (χ3n) is 4.03. The van der Waals surface area contributed by atoms with Gasteiger partial charge in [0.15, 0.2) is 6.29 Å². The monoisotopic (exact) mass is 497 g/mol. The average Bonchev–Trinajstić information content (AvgIpc) is 3.17. The second kappa shape index (κ2) is 12.0. The van der Waals surface area contributed by atoms with E-state index in [1.165, 1.54) is 11.3 Å². The molecule has 0 radical (unpaired) electrons. The summed E-state index contributed by atoms with van der Waals surface area (Å²) >= 11 is 4.84. The van der Waals surface area contributed by atoms with E-state index in [0.29, 0.717) is 36.2 Å². The smallest absolute Gasteiger partial charge is 0.311 e. The zero-order chi connectivity index (χ0) is 21.2. The van der Waals surface area contributed by atoms with Crippen molar-refractivity contribution < 1.29 is 23.7 Å². The molecular formula is C20H24BrN3O5S.